The molecular formula is C17H22ClN3O. The van der Waals surface area contributed by atoms with E-state index in [-0.39, 0.29) is 0 Å². The van der Waals surface area contributed by atoms with Crippen LogP contribution in [0.2, 0.25) is 5.02 Å². The normalized spacial score (nSPS) is 20.0. The summed E-state index contributed by atoms with van der Waals surface area (Å²) in [5.41, 5.74) is 2.00. The van der Waals surface area contributed by atoms with E-state index in [1.807, 2.05) is 24.0 Å². The fraction of sp³-hybridized carbons (Fsp3) is 0.471. The van der Waals surface area contributed by atoms with Crippen molar-refractivity contribution in [3.8, 4) is 5.75 Å². The summed E-state index contributed by atoms with van der Waals surface area (Å²) in [6, 6.07) is 7.66. The van der Waals surface area contributed by atoms with Crippen LogP contribution in [0.15, 0.2) is 30.5 Å². The number of hydrogen-bond acceptors (Lipinski definition) is 3. The lowest BCUT2D eigenvalue weighted by Gasteiger charge is -2.29. The van der Waals surface area contributed by atoms with Gasteiger partial charge in [0.15, 0.2) is 0 Å². The van der Waals surface area contributed by atoms with Crippen molar-refractivity contribution in [2.24, 2.45) is 7.05 Å². The van der Waals surface area contributed by atoms with Crippen molar-refractivity contribution >= 4 is 11.6 Å². The zero-order valence-electron chi connectivity index (χ0n) is 12.9. The van der Waals surface area contributed by atoms with Crippen LogP contribution in [0, 0.1) is 0 Å². The maximum atomic E-state index is 10.1. The molecule has 5 heteroatoms. The molecule has 1 atom stereocenters. The van der Waals surface area contributed by atoms with Crippen LogP contribution < -0.4 is 0 Å². The van der Waals surface area contributed by atoms with Crippen molar-refractivity contribution in [3.63, 3.8) is 0 Å². The number of aryl methyl sites for hydroxylation is 1. The van der Waals surface area contributed by atoms with Crippen LogP contribution in [0.3, 0.4) is 0 Å². The van der Waals surface area contributed by atoms with E-state index in [0.29, 0.717) is 23.4 Å². The summed E-state index contributed by atoms with van der Waals surface area (Å²) in [6.45, 7) is 1.72. The van der Waals surface area contributed by atoms with Gasteiger partial charge in [-0.15, -0.1) is 0 Å². The van der Waals surface area contributed by atoms with Gasteiger partial charge in [-0.25, -0.2) is 0 Å². The van der Waals surface area contributed by atoms with Crippen molar-refractivity contribution in [1.29, 1.82) is 0 Å². The Labute approximate surface area is 136 Å². The minimum atomic E-state index is 0.307. The number of rotatable bonds is 3. The fourth-order valence-corrected chi connectivity index (χ4v) is 3.40. The van der Waals surface area contributed by atoms with Crippen LogP contribution in [0.4, 0.5) is 0 Å². The van der Waals surface area contributed by atoms with Crippen LogP contribution in [0.5, 0.6) is 5.75 Å². The second kappa shape index (κ2) is 6.71. The molecule has 0 saturated carbocycles. The molecule has 2 aromatic rings. The second-order valence-corrected chi connectivity index (χ2v) is 6.46. The van der Waals surface area contributed by atoms with E-state index in [9.17, 15) is 5.11 Å². The maximum absolute atomic E-state index is 10.1. The Hall–Kier alpha value is -1.52. The number of phenols is 1. The largest absolute Gasteiger partial charge is 0.508 e. The number of halogens is 1. The standard InChI is InChI=1S/C17H22ClN3O/c1-20-10-8-15(19-20)16-5-3-2-4-9-21(16)12-13-11-14(18)6-7-17(13)22/h6-8,10-11,16,22H,2-5,9,12H2,1H3. The van der Waals surface area contributed by atoms with Gasteiger partial charge in [0, 0.05) is 30.4 Å². The third kappa shape index (κ3) is 3.45. The lowest BCUT2D eigenvalue weighted by atomic mass is 10.1. The first-order chi connectivity index (χ1) is 10.6. The number of benzene rings is 1. The molecule has 4 nitrogen and oxygen atoms in total. The highest BCUT2D eigenvalue weighted by atomic mass is 35.5. The summed E-state index contributed by atoms with van der Waals surface area (Å²) in [6.07, 6.45) is 6.76. The van der Waals surface area contributed by atoms with Gasteiger partial charge < -0.3 is 5.11 Å². The SMILES string of the molecule is Cn1ccc(C2CCCCCN2Cc2cc(Cl)ccc2O)n1. The van der Waals surface area contributed by atoms with Gasteiger partial charge in [0.2, 0.25) is 0 Å². The summed E-state index contributed by atoms with van der Waals surface area (Å²) in [4.78, 5) is 2.42. The predicted octanol–water partition coefficient (Wildman–Crippen LogP) is 3.90. The van der Waals surface area contributed by atoms with Crippen molar-refractivity contribution in [2.75, 3.05) is 6.54 Å². The fourth-order valence-electron chi connectivity index (χ4n) is 3.20. The lowest BCUT2D eigenvalue weighted by Crippen LogP contribution is -2.28. The molecule has 1 aliphatic heterocycles. The Morgan fingerprint density at radius 1 is 1.27 bits per heavy atom. The molecule has 1 aromatic carbocycles. The van der Waals surface area contributed by atoms with Crippen molar-refractivity contribution in [1.82, 2.24) is 14.7 Å². The minimum absolute atomic E-state index is 0.307. The molecule has 3 rings (SSSR count). The Bertz CT molecular complexity index is 641. The molecule has 118 valence electrons. The summed E-state index contributed by atoms with van der Waals surface area (Å²) in [5, 5.41) is 15.4. The van der Waals surface area contributed by atoms with Crippen LogP contribution in [-0.4, -0.2) is 26.3 Å². The molecule has 0 spiro atoms. The quantitative estimate of drug-likeness (QED) is 0.933. The first-order valence-electron chi connectivity index (χ1n) is 7.84. The molecule has 2 heterocycles. The third-order valence-corrected chi connectivity index (χ3v) is 4.59. The number of phenolic OH excluding ortho intramolecular Hbond substituents is 1. The zero-order chi connectivity index (χ0) is 15.5. The molecule has 1 aromatic heterocycles. The van der Waals surface area contributed by atoms with E-state index in [1.54, 1.807) is 12.1 Å². The van der Waals surface area contributed by atoms with Crippen LogP contribution in [-0.2, 0) is 13.6 Å². The average molecular weight is 320 g/mol. The van der Waals surface area contributed by atoms with Gasteiger partial charge in [-0.1, -0.05) is 24.4 Å². The summed E-state index contributed by atoms with van der Waals surface area (Å²) in [5.74, 6) is 0.313. The Morgan fingerprint density at radius 3 is 2.91 bits per heavy atom. The number of aromatic hydroxyl groups is 1. The third-order valence-electron chi connectivity index (χ3n) is 4.35. The second-order valence-electron chi connectivity index (χ2n) is 6.02. The molecular weight excluding hydrogens is 298 g/mol. The van der Waals surface area contributed by atoms with Gasteiger partial charge in [0.25, 0.3) is 0 Å². The molecule has 1 N–H and O–H groups in total. The van der Waals surface area contributed by atoms with Crippen molar-refractivity contribution in [2.45, 2.75) is 38.3 Å². The van der Waals surface area contributed by atoms with E-state index in [1.165, 1.54) is 19.3 Å². The zero-order valence-corrected chi connectivity index (χ0v) is 13.6. The van der Waals surface area contributed by atoms with Gasteiger partial charge >= 0.3 is 0 Å². The average Bonchev–Trinajstić information content (AvgIpc) is 2.78. The van der Waals surface area contributed by atoms with E-state index in [2.05, 4.69) is 16.1 Å². The predicted molar refractivity (Wildman–Crippen MR) is 87.9 cm³/mol. The Morgan fingerprint density at radius 2 is 2.14 bits per heavy atom. The molecule has 0 bridgehead atoms. The van der Waals surface area contributed by atoms with Gasteiger partial charge in [0.05, 0.1) is 11.7 Å². The van der Waals surface area contributed by atoms with Crippen molar-refractivity contribution < 1.29 is 5.11 Å². The minimum Gasteiger partial charge on any atom is -0.508 e. The highest BCUT2D eigenvalue weighted by molar-refractivity contribution is 6.30. The number of hydrogen-bond donors (Lipinski definition) is 1. The number of likely N-dealkylation sites (tertiary alicyclic amines) is 1. The molecule has 1 aliphatic rings. The lowest BCUT2D eigenvalue weighted by molar-refractivity contribution is 0.186. The summed E-state index contributed by atoms with van der Waals surface area (Å²) < 4.78 is 1.86. The van der Waals surface area contributed by atoms with Crippen LogP contribution in [0.1, 0.15) is 43.0 Å². The summed E-state index contributed by atoms with van der Waals surface area (Å²) in [7, 11) is 1.95. The van der Waals surface area contributed by atoms with E-state index in [0.717, 1.165) is 24.2 Å². The topological polar surface area (TPSA) is 41.3 Å². The van der Waals surface area contributed by atoms with E-state index in [4.69, 9.17) is 11.6 Å². The Balaban J connectivity index is 1.85. The molecule has 0 radical (unpaired) electrons. The van der Waals surface area contributed by atoms with Gasteiger partial charge in [-0.3, -0.25) is 9.58 Å². The molecule has 22 heavy (non-hydrogen) atoms. The number of aromatic nitrogens is 2. The van der Waals surface area contributed by atoms with Gasteiger partial charge in [-0.05, 0) is 43.7 Å². The molecule has 1 saturated heterocycles. The molecule has 1 fully saturated rings. The van der Waals surface area contributed by atoms with E-state index < -0.39 is 0 Å². The van der Waals surface area contributed by atoms with Gasteiger partial charge in [0.1, 0.15) is 5.75 Å². The molecule has 1 unspecified atom stereocenters. The molecule has 0 amide bonds. The summed E-state index contributed by atoms with van der Waals surface area (Å²) >= 11 is 6.08. The van der Waals surface area contributed by atoms with Crippen LogP contribution >= 0.6 is 11.6 Å². The smallest absolute Gasteiger partial charge is 0.120 e. The highest BCUT2D eigenvalue weighted by Gasteiger charge is 2.25. The van der Waals surface area contributed by atoms with Crippen molar-refractivity contribution in [3.05, 3.63) is 46.7 Å². The first kappa shape index (κ1) is 15.4. The highest BCUT2D eigenvalue weighted by Crippen LogP contribution is 2.32. The molecule has 0 aliphatic carbocycles. The monoisotopic (exact) mass is 319 g/mol. The van der Waals surface area contributed by atoms with Crippen LogP contribution in [0.25, 0.3) is 0 Å². The maximum Gasteiger partial charge on any atom is 0.120 e. The number of nitrogens with zero attached hydrogens (tertiary/aromatic N) is 3. The Kier molecular flexibility index (Phi) is 4.69. The first-order valence-corrected chi connectivity index (χ1v) is 8.22. The van der Waals surface area contributed by atoms with Gasteiger partial charge in [-0.2, -0.15) is 5.10 Å². The van der Waals surface area contributed by atoms with E-state index >= 15 is 0 Å².